The fourth-order valence-corrected chi connectivity index (χ4v) is 4.64. The molecule has 0 aliphatic rings. The molecule has 0 aliphatic heterocycles. The van der Waals surface area contributed by atoms with Crippen LogP contribution >= 0.6 is 0 Å². The third kappa shape index (κ3) is 7.25. The van der Waals surface area contributed by atoms with Crippen LogP contribution in [0.4, 0.5) is 10.1 Å². The highest BCUT2D eigenvalue weighted by atomic mass is 32.2. The predicted molar refractivity (Wildman–Crippen MR) is 135 cm³/mol. The Hall–Kier alpha value is -2.98. The number of nitrogens with zero attached hydrogens (tertiary/aromatic N) is 3. The maximum Gasteiger partial charge on any atom is 0.304 e. The first-order valence-electron chi connectivity index (χ1n) is 11.6. The molecule has 0 heterocycles. The quantitative estimate of drug-likeness (QED) is 0.479. The average Bonchev–Trinajstić information content (AvgIpc) is 2.82. The lowest BCUT2D eigenvalue weighted by Crippen LogP contribution is -2.53. The molecule has 2 aromatic carbocycles. The van der Waals surface area contributed by atoms with Gasteiger partial charge in [-0.3, -0.25) is 9.59 Å². The Morgan fingerprint density at radius 3 is 2.20 bits per heavy atom. The van der Waals surface area contributed by atoms with Crippen LogP contribution in [0.3, 0.4) is 0 Å². The van der Waals surface area contributed by atoms with Crippen molar-refractivity contribution < 1.29 is 22.4 Å². The largest absolute Gasteiger partial charge is 0.354 e. The van der Waals surface area contributed by atoms with Gasteiger partial charge in [0.25, 0.3) is 0 Å². The summed E-state index contributed by atoms with van der Waals surface area (Å²) in [5.74, 6) is -1.36. The van der Waals surface area contributed by atoms with Crippen LogP contribution in [0.5, 0.6) is 0 Å². The van der Waals surface area contributed by atoms with E-state index in [0.717, 1.165) is 38.3 Å². The van der Waals surface area contributed by atoms with Gasteiger partial charge in [0.15, 0.2) is 0 Å². The number of carbonyl (C=O) groups excluding carboxylic acids is 2. The molecule has 0 radical (unpaired) electrons. The first-order valence-corrected chi connectivity index (χ1v) is 13.0. The number of halogens is 1. The van der Waals surface area contributed by atoms with Crippen LogP contribution in [0, 0.1) is 12.7 Å². The van der Waals surface area contributed by atoms with Crippen LogP contribution in [-0.4, -0.2) is 62.7 Å². The van der Waals surface area contributed by atoms with E-state index < -0.39 is 34.5 Å². The topological polar surface area (TPSA) is 90.0 Å². The molecule has 0 aliphatic carbocycles. The Labute approximate surface area is 207 Å². The number of rotatable bonds is 12. The molecule has 0 fully saturated rings. The summed E-state index contributed by atoms with van der Waals surface area (Å²) in [6.45, 7) is 5.72. The van der Waals surface area contributed by atoms with Crippen molar-refractivity contribution in [3.63, 3.8) is 0 Å². The van der Waals surface area contributed by atoms with Crippen LogP contribution in [-0.2, 0) is 26.3 Å². The van der Waals surface area contributed by atoms with Crippen LogP contribution in [0.1, 0.15) is 37.8 Å². The highest BCUT2D eigenvalue weighted by Crippen LogP contribution is 2.22. The smallest absolute Gasteiger partial charge is 0.304 e. The number of amides is 2. The molecule has 2 rings (SSSR count). The molecule has 2 aromatic rings. The van der Waals surface area contributed by atoms with Crippen molar-refractivity contribution in [1.82, 2.24) is 14.5 Å². The molecule has 0 aromatic heterocycles. The molecule has 0 spiro atoms. The van der Waals surface area contributed by atoms with Gasteiger partial charge in [-0.05, 0) is 55.2 Å². The Morgan fingerprint density at radius 1 is 1.03 bits per heavy atom. The fourth-order valence-electron chi connectivity index (χ4n) is 3.58. The SMILES string of the molecule is CCCNC(=O)[C@@H](CC)N(Cc1ccccc1C)C(=O)CN(c1ccc(F)cc1)S(=O)(=O)N(C)C. The number of benzene rings is 2. The van der Waals surface area contributed by atoms with Crippen LogP contribution < -0.4 is 9.62 Å². The minimum Gasteiger partial charge on any atom is -0.354 e. The lowest BCUT2D eigenvalue weighted by Gasteiger charge is -2.34. The van der Waals surface area contributed by atoms with Crippen molar-refractivity contribution in [3.8, 4) is 0 Å². The van der Waals surface area contributed by atoms with Gasteiger partial charge in [0.05, 0.1) is 5.69 Å². The van der Waals surface area contributed by atoms with Crippen molar-refractivity contribution in [2.75, 3.05) is 31.5 Å². The zero-order valence-electron chi connectivity index (χ0n) is 21.0. The van der Waals surface area contributed by atoms with E-state index in [-0.39, 0.29) is 18.1 Å². The fraction of sp³-hybridized carbons (Fsp3) is 0.440. The number of nitrogens with one attached hydrogen (secondary N) is 1. The van der Waals surface area contributed by atoms with Crippen molar-refractivity contribution >= 4 is 27.7 Å². The molecular weight excluding hydrogens is 471 g/mol. The Bertz CT molecular complexity index is 1110. The number of hydrogen-bond donors (Lipinski definition) is 1. The van der Waals surface area contributed by atoms with Gasteiger partial charge in [0.2, 0.25) is 11.8 Å². The maximum atomic E-state index is 13.7. The highest BCUT2D eigenvalue weighted by Gasteiger charge is 2.33. The number of carbonyl (C=O) groups is 2. The van der Waals surface area contributed by atoms with Crippen LogP contribution in [0.25, 0.3) is 0 Å². The summed E-state index contributed by atoms with van der Waals surface area (Å²) in [4.78, 5) is 28.1. The van der Waals surface area contributed by atoms with Gasteiger partial charge >= 0.3 is 10.2 Å². The van der Waals surface area contributed by atoms with Crippen molar-refractivity contribution in [2.45, 2.75) is 46.2 Å². The van der Waals surface area contributed by atoms with Gasteiger partial charge in [-0.1, -0.05) is 38.1 Å². The normalized spacial score (nSPS) is 12.3. The van der Waals surface area contributed by atoms with E-state index in [0.29, 0.717) is 13.0 Å². The summed E-state index contributed by atoms with van der Waals surface area (Å²) in [7, 11) is -1.37. The van der Waals surface area contributed by atoms with Gasteiger partial charge in [-0.25, -0.2) is 8.70 Å². The first-order chi connectivity index (χ1) is 16.5. The molecule has 1 atom stereocenters. The molecule has 2 amide bonds. The van der Waals surface area contributed by atoms with E-state index in [2.05, 4.69) is 5.32 Å². The van der Waals surface area contributed by atoms with E-state index >= 15 is 0 Å². The van der Waals surface area contributed by atoms with Crippen LogP contribution in [0.2, 0.25) is 0 Å². The molecule has 35 heavy (non-hydrogen) atoms. The lowest BCUT2D eigenvalue weighted by molar-refractivity contribution is -0.140. The summed E-state index contributed by atoms with van der Waals surface area (Å²) >= 11 is 0. The maximum absolute atomic E-state index is 13.7. The predicted octanol–water partition coefficient (Wildman–Crippen LogP) is 3.08. The van der Waals surface area contributed by atoms with Crippen molar-refractivity contribution in [2.24, 2.45) is 0 Å². The average molecular weight is 507 g/mol. The zero-order valence-corrected chi connectivity index (χ0v) is 21.8. The van der Waals surface area contributed by atoms with Gasteiger partial charge in [-0.15, -0.1) is 0 Å². The Morgan fingerprint density at radius 2 is 1.66 bits per heavy atom. The molecule has 0 saturated carbocycles. The summed E-state index contributed by atoms with van der Waals surface area (Å²) in [6.07, 6.45) is 1.09. The van der Waals surface area contributed by atoms with E-state index in [1.165, 1.54) is 31.1 Å². The van der Waals surface area contributed by atoms with E-state index in [9.17, 15) is 22.4 Å². The second-order valence-electron chi connectivity index (χ2n) is 8.44. The minimum atomic E-state index is -4.09. The Kier molecular flexibility index (Phi) is 10.2. The van der Waals surface area contributed by atoms with Gasteiger partial charge in [0, 0.05) is 27.2 Å². The molecule has 1 N–H and O–H groups in total. The van der Waals surface area contributed by atoms with Gasteiger partial charge in [0.1, 0.15) is 18.4 Å². The number of anilines is 1. The second-order valence-corrected chi connectivity index (χ2v) is 10.5. The minimum absolute atomic E-state index is 0.142. The highest BCUT2D eigenvalue weighted by molar-refractivity contribution is 7.90. The summed E-state index contributed by atoms with van der Waals surface area (Å²) in [5, 5.41) is 2.84. The standard InChI is InChI=1S/C25H35FN4O4S/c1-6-16-27-25(32)23(7-2)29(17-20-11-9-8-10-19(20)3)24(31)18-30(35(33,34)28(4)5)22-14-12-21(26)13-15-22/h8-15,23H,6-7,16-18H2,1-5H3,(H,27,32)/t23-/m1/s1. The zero-order chi connectivity index (χ0) is 26.2. The summed E-state index contributed by atoms with van der Waals surface area (Å²) in [6, 6.07) is 11.6. The molecule has 0 unspecified atom stereocenters. The molecule has 10 heteroatoms. The van der Waals surface area contributed by atoms with Gasteiger partial charge in [-0.2, -0.15) is 12.7 Å². The van der Waals surface area contributed by atoms with Gasteiger partial charge < -0.3 is 10.2 Å². The third-order valence-electron chi connectivity index (χ3n) is 5.67. The summed E-state index contributed by atoms with van der Waals surface area (Å²) < 4.78 is 41.7. The molecule has 192 valence electrons. The molecule has 0 bridgehead atoms. The molecular formula is C25H35FN4O4S. The third-order valence-corrected chi connectivity index (χ3v) is 7.49. The van der Waals surface area contributed by atoms with E-state index in [1.54, 1.807) is 0 Å². The lowest BCUT2D eigenvalue weighted by atomic mass is 10.1. The van der Waals surface area contributed by atoms with Crippen molar-refractivity contribution in [3.05, 3.63) is 65.5 Å². The van der Waals surface area contributed by atoms with E-state index in [4.69, 9.17) is 0 Å². The van der Waals surface area contributed by atoms with Crippen LogP contribution in [0.15, 0.2) is 48.5 Å². The monoisotopic (exact) mass is 506 g/mol. The molecule has 0 saturated heterocycles. The summed E-state index contributed by atoms with van der Waals surface area (Å²) in [5.41, 5.74) is 1.95. The Balaban J connectivity index is 2.49. The number of hydrogen-bond acceptors (Lipinski definition) is 4. The van der Waals surface area contributed by atoms with Crippen molar-refractivity contribution in [1.29, 1.82) is 0 Å². The van der Waals surface area contributed by atoms with E-state index in [1.807, 2.05) is 45.0 Å². The first kappa shape index (κ1) is 28.3. The number of aryl methyl sites for hydroxylation is 1. The second kappa shape index (κ2) is 12.6. The molecule has 8 nitrogen and oxygen atoms in total.